The second kappa shape index (κ2) is 4.65. The van der Waals surface area contributed by atoms with Crippen molar-refractivity contribution in [1.82, 2.24) is 0 Å². The second-order valence-corrected chi connectivity index (χ2v) is 3.66. The summed E-state index contributed by atoms with van der Waals surface area (Å²) in [5.41, 5.74) is 0. The standard InChI is InChI=1S/C11H12F2O3/c12-10-8(14)3-4-9(11(10)13)16-6-7-2-1-5-15-7/h3-4,7,14H,1-2,5-6H2. The lowest BCUT2D eigenvalue weighted by molar-refractivity contribution is 0.0662. The molecule has 0 saturated carbocycles. The molecular weight excluding hydrogens is 218 g/mol. The number of ether oxygens (including phenoxy) is 2. The van der Waals surface area contributed by atoms with E-state index in [4.69, 9.17) is 14.6 Å². The number of phenols is 1. The zero-order valence-corrected chi connectivity index (χ0v) is 8.58. The molecule has 0 aromatic heterocycles. The van der Waals surface area contributed by atoms with Gasteiger partial charge in [-0.05, 0) is 25.0 Å². The first kappa shape index (κ1) is 11.1. The molecule has 0 spiro atoms. The summed E-state index contributed by atoms with van der Waals surface area (Å²) < 4.78 is 36.6. The van der Waals surface area contributed by atoms with E-state index in [1.807, 2.05) is 0 Å². The molecule has 1 aromatic carbocycles. The van der Waals surface area contributed by atoms with Gasteiger partial charge in [0.25, 0.3) is 0 Å². The Hall–Kier alpha value is -1.36. The van der Waals surface area contributed by atoms with E-state index in [1.54, 1.807) is 0 Å². The van der Waals surface area contributed by atoms with Gasteiger partial charge in [0.05, 0.1) is 6.10 Å². The maximum atomic E-state index is 13.2. The van der Waals surface area contributed by atoms with E-state index < -0.39 is 17.4 Å². The van der Waals surface area contributed by atoms with Crippen LogP contribution in [0.3, 0.4) is 0 Å². The quantitative estimate of drug-likeness (QED) is 0.865. The number of phenolic OH excluding ortho intramolecular Hbond substituents is 1. The fourth-order valence-electron chi connectivity index (χ4n) is 1.59. The highest BCUT2D eigenvalue weighted by Gasteiger charge is 2.18. The van der Waals surface area contributed by atoms with Crippen molar-refractivity contribution >= 4 is 0 Å². The fraction of sp³-hybridized carbons (Fsp3) is 0.455. The zero-order chi connectivity index (χ0) is 11.5. The van der Waals surface area contributed by atoms with E-state index in [-0.39, 0.29) is 18.5 Å². The van der Waals surface area contributed by atoms with E-state index in [0.29, 0.717) is 6.61 Å². The van der Waals surface area contributed by atoms with E-state index in [9.17, 15) is 8.78 Å². The van der Waals surface area contributed by atoms with Crippen LogP contribution in [0.5, 0.6) is 11.5 Å². The van der Waals surface area contributed by atoms with Gasteiger partial charge in [-0.1, -0.05) is 0 Å². The van der Waals surface area contributed by atoms with Crippen LogP contribution < -0.4 is 4.74 Å². The highest BCUT2D eigenvalue weighted by molar-refractivity contribution is 5.33. The first-order valence-electron chi connectivity index (χ1n) is 5.10. The highest BCUT2D eigenvalue weighted by atomic mass is 19.2. The minimum absolute atomic E-state index is 0.0590. The fourth-order valence-corrected chi connectivity index (χ4v) is 1.59. The lowest BCUT2D eigenvalue weighted by atomic mass is 10.2. The molecule has 1 saturated heterocycles. The average Bonchev–Trinajstić information content (AvgIpc) is 2.78. The van der Waals surface area contributed by atoms with Crippen molar-refractivity contribution in [2.45, 2.75) is 18.9 Å². The van der Waals surface area contributed by atoms with Crippen molar-refractivity contribution in [3.63, 3.8) is 0 Å². The van der Waals surface area contributed by atoms with E-state index in [1.165, 1.54) is 6.07 Å². The van der Waals surface area contributed by atoms with Crippen LogP contribution in [0.4, 0.5) is 8.78 Å². The largest absolute Gasteiger partial charge is 0.505 e. The molecule has 0 bridgehead atoms. The summed E-state index contributed by atoms with van der Waals surface area (Å²) >= 11 is 0. The number of hydrogen-bond acceptors (Lipinski definition) is 3. The third-order valence-corrected chi connectivity index (χ3v) is 2.48. The van der Waals surface area contributed by atoms with E-state index in [0.717, 1.165) is 18.9 Å². The molecule has 1 aromatic rings. The maximum absolute atomic E-state index is 13.2. The molecule has 2 rings (SSSR count). The average molecular weight is 230 g/mol. The third kappa shape index (κ3) is 2.24. The topological polar surface area (TPSA) is 38.7 Å². The Labute approximate surface area is 91.6 Å². The molecule has 88 valence electrons. The summed E-state index contributed by atoms with van der Waals surface area (Å²) in [6, 6.07) is 2.26. The summed E-state index contributed by atoms with van der Waals surface area (Å²) in [5.74, 6) is -3.38. The monoisotopic (exact) mass is 230 g/mol. The Morgan fingerprint density at radius 1 is 1.38 bits per heavy atom. The van der Waals surface area contributed by atoms with Gasteiger partial charge in [0.2, 0.25) is 11.6 Å². The highest BCUT2D eigenvalue weighted by Crippen LogP contribution is 2.27. The SMILES string of the molecule is Oc1ccc(OCC2CCCO2)c(F)c1F. The van der Waals surface area contributed by atoms with Gasteiger partial charge in [0, 0.05) is 6.61 Å². The van der Waals surface area contributed by atoms with Gasteiger partial charge in [-0.25, -0.2) is 0 Å². The Kier molecular flexibility index (Phi) is 3.24. The molecule has 1 unspecified atom stereocenters. The van der Waals surface area contributed by atoms with Crippen molar-refractivity contribution < 1.29 is 23.4 Å². The van der Waals surface area contributed by atoms with Gasteiger partial charge in [0.1, 0.15) is 6.61 Å². The van der Waals surface area contributed by atoms with Crippen LogP contribution in [0, 0.1) is 11.6 Å². The van der Waals surface area contributed by atoms with E-state index >= 15 is 0 Å². The van der Waals surface area contributed by atoms with Crippen molar-refractivity contribution in [2.24, 2.45) is 0 Å². The lowest BCUT2D eigenvalue weighted by Crippen LogP contribution is -2.16. The second-order valence-electron chi connectivity index (χ2n) is 3.66. The molecular formula is C11H12F2O3. The Bertz CT molecular complexity index is 376. The van der Waals surface area contributed by atoms with Gasteiger partial charge < -0.3 is 14.6 Å². The van der Waals surface area contributed by atoms with Crippen LogP contribution in [0.25, 0.3) is 0 Å². The van der Waals surface area contributed by atoms with Crippen molar-refractivity contribution in [2.75, 3.05) is 13.2 Å². The number of halogens is 2. The van der Waals surface area contributed by atoms with Gasteiger partial charge in [0.15, 0.2) is 11.5 Å². The van der Waals surface area contributed by atoms with Crippen LogP contribution >= 0.6 is 0 Å². The zero-order valence-electron chi connectivity index (χ0n) is 8.58. The molecule has 5 heteroatoms. The molecule has 16 heavy (non-hydrogen) atoms. The molecule has 1 aliphatic rings. The molecule has 1 atom stereocenters. The molecule has 0 radical (unpaired) electrons. The maximum Gasteiger partial charge on any atom is 0.204 e. The molecule has 3 nitrogen and oxygen atoms in total. The molecule has 1 fully saturated rings. The summed E-state index contributed by atoms with van der Waals surface area (Å²) in [5, 5.41) is 8.91. The lowest BCUT2D eigenvalue weighted by Gasteiger charge is -2.12. The van der Waals surface area contributed by atoms with Crippen molar-refractivity contribution in [3.8, 4) is 11.5 Å². The summed E-state index contributed by atoms with van der Waals surface area (Å²) in [7, 11) is 0. The van der Waals surface area contributed by atoms with Gasteiger partial charge >= 0.3 is 0 Å². The molecule has 1 N–H and O–H groups in total. The van der Waals surface area contributed by atoms with Crippen molar-refractivity contribution in [3.05, 3.63) is 23.8 Å². The Morgan fingerprint density at radius 2 is 2.19 bits per heavy atom. The number of aromatic hydroxyl groups is 1. The van der Waals surface area contributed by atoms with Gasteiger partial charge in [-0.15, -0.1) is 0 Å². The van der Waals surface area contributed by atoms with Crippen LogP contribution in [0.15, 0.2) is 12.1 Å². The number of benzene rings is 1. The first-order valence-corrected chi connectivity index (χ1v) is 5.10. The predicted octanol–water partition coefficient (Wildman–Crippen LogP) is 2.23. The Morgan fingerprint density at radius 3 is 2.88 bits per heavy atom. The van der Waals surface area contributed by atoms with Crippen LogP contribution in [0.1, 0.15) is 12.8 Å². The molecule has 0 aliphatic carbocycles. The van der Waals surface area contributed by atoms with E-state index in [2.05, 4.69) is 0 Å². The first-order chi connectivity index (χ1) is 7.68. The predicted molar refractivity (Wildman–Crippen MR) is 52.5 cm³/mol. The third-order valence-electron chi connectivity index (χ3n) is 2.48. The van der Waals surface area contributed by atoms with Gasteiger partial charge in [-0.3, -0.25) is 0 Å². The van der Waals surface area contributed by atoms with Crippen LogP contribution in [-0.4, -0.2) is 24.4 Å². The Balaban J connectivity index is 2.01. The summed E-state index contributed by atoms with van der Waals surface area (Å²) in [4.78, 5) is 0. The van der Waals surface area contributed by atoms with Gasteiger partial charge in [-0.2, -0.15) is 8.78 Å². The summed E-state index contributed by atoms with van der Waals surface area (Å²) in [6.07, 6.45) is 1.76. The van der Waals surface area contributed by atoms with Crippen LogP contribution in [-0.2, 0) is 4.74 Å². The smallest absolute Gasteiger partial charge is 0.204 e. The summed E-state index contributed by atoms with van der Waals surface area (Å²) in [6.45, 7) is 0.877. The van der Waals surface area contributed by atoms with Crippen LogP contribution in [0.2, 0.25) is 0 Å². The normalized spacial score (nSPS) is 20.0. The minimum atomic E-state index is -1.29. The number of hydrogen-bond donors (Lipinski definition) is 1. The number of rotatable bonds is 3. The minimum Gasteiger partial charge on any atom is -0.505 e. The molecule has 1 aliphatic heterocycles. The van der Waals surface area contributed by atoms with Crippen molar-refractivity contribution in [1.29, 1.82) is 0 Å². The molecule has 0 amide bonds. The molecule has 1 heterocycles.